The quantitative estimate of drug-likeness (QED) is 0.854. The molecular formula is C16H17FN2O2. The Morgan fingerprint density at radius 2 is 2.19 bits per heavy atom. The number of ether oxygens (including phenoxy) is 1. The first kappa shape index (κ1) is 15.0. The molecule has 5 heteroatoms. The van der Waals surface area contributed by atoms with Gasteiger partial charge in [-0.2, -0.15) is 4.39 Å². The van der Waals surface area contributed by atoms with E-state index in [2.05, 4.69) is 10.3 Å². The largest absolute Gasteiger partial charge is 0.491 e. The minimum absolute atomic E-state index is 0.102. The van der Waals surface area contributed by atoms with Crippen LogP contribution in [-0.4, -0.2) is 17.0 Å². The second-order valence-corrected chi connectivity index (χ2v) is 4.69. The van der Waals surface area contributed by atoms with Gasteiger partial charge in [0.25, 0.3) is 5.91 Å². The summed E-state index contributed by atoms with van der Waals surface area (Å²) in [6.07, 6.45) is 2.25. The predicted molar refractivity (Wildman–Crippen MR) is 79.0 cm³/mol. The van der Waals surface area contributed by atoms with Crippen molar-refractivity contribution in [3.05, 3.63) is 54.1 Å². The second kappa shape index (κ2) is 6.83. The van der Waals surface area contributed by atoms with Crippen LogP contribution in [0.1, 0.15) is 30.6 Å². The average molecular weight is 288 g/mol. The number of hydrogen-bond acceptors (Lipinski definition) is 3. The van der Waals surface area contributed by atoms with E-state index in [9.17, 15) is 9.18 Å². The number of anilines is 1. The van der Waals surface area contributed by atoms with E-state index in [1.165, 1.54) is 12.3 Å². The van der Waals surface area contributed by atoms with Gasteiger partial charge in [-0.1, -0.05) is 13.0 Å². The fourth-order valence-corrected chi connectivity index (χ4v) is 1.71. The first-order chi connectivity index (χ1) is 10.1. The van der Waals surface area contributed by atoms with Gasteiger partial charge in [-0.05, 0) is 31.5 Å². The number of nitrogens with one attached hydrogen (secondary N) is 1. The maximum Gasteiger partial charge on any atom is 0.255 e. The number of benzene rings is 1. The summed E-state index contributed by atoms with van der Waals surface area (Å²) in [6, 6.07) is 9.65. The van der Waals surface area contributed by atoms with Gasteiger partial charge in [0.2, 0.25) is 5.95 Å². The standard InChI is InChI=1S/C16H17FN2O2/c1-3-11(2)21-14-6-4-5-13(10-14)19-16(20)12-7-8-18-15(17)9-12/h4-11H,3H2,1-2H3,(H,19,20). The molecule has 21 heavy (non-hydrogen) atoms. The number of carbonyl (C=O) groups excluding carboxylic acids is 1. The van der Waals surface area contributed by atoms with E-state index >= 15 is 0 Å². The minimum atomic E-state index is -0.684. The summed E-state index contributed by atoms with van der Waals surface area (Å²) < 4.78 is 18.7. The van der Waals surface area contributed by atoms with E-state index in [0.29, 0.717) is 11.4 Å². The molecule has 0 aliphatic rings. The van der Waals surface area contributed by atoms with Crippen LogP contribution in [0.4, 0.5) is 10.1 Å². The summed E-state index contributed by atoms with van der Waals surface area (Å²) in [7, 11) is 0. The van der Waals surface area contributed by atoms with Gasteiger partial charge < -0.3 is 10.1 Å². The molecule has 1 amide bonds. The van der Waals surface area contributed by atoms with Gasteiger partial charge in [0.05, 0.1) is 6.10 Å². The molecule has 1 unspecified atom stereocenters. The molecule has 0 aliphatic carbocycles. The lowest BCUT2D eigenvalue weighted by Crippen LogP contribution is -2.13. The third-order valence-electron chi connectivity index (χ3n) is 2.99. The van der Waals surface area contributed by atoms with Crippen molar-refractivity contribution in [2.75, 3.05) is 5.32 Å². The Bertz CT molecular complexity index is 631. The van der Waals surface area contributed by atoms with Crippen LogP contribution in [0, 0.1) is 5.95 Å². The van der Waals surface area contributed by atoms with Gasteiger partial charge in [0.1, 0.15) is 5.75 Å². The van der Waals surface area contributed by atoms with Crippen LogP contribution in [0.25, 0.3) is 0 Å². The van der Waals surface area contributed by atoms with Crippen molar-refractivity contribution < 1.29 is 13.9 Å². The second-order valence-electron chi connectivity index (χ2n) is 4.69. The van der Waals surface area contributed by atoms with E-state index in [4.69, 9.17) is 4.74 Å². The number of pyridine rings is 1. The number of aromatic nitrogens is 1. The Balaban J connectivity index is 2.09. The zero-order valence-electron chi connectivity index (χ0n) is 12.0. The molecule has 1 atom stereocenters. The number of halogens is 1. The number of carbonyl (C=O) groups is 1. The first-order valence-corrected chi connectivity index (χ1v) is 6.78. The summed E-state index contributed by atoms with van der Waals surface area (Å²) in [5, 5.41) is 2.70. The molecule has 1 N–H and O–H groups in total. The normalized spacial score (nSPS) is 11.8. The molecule has 0 bridgehead atoms. The van der Waals surface area contributed by atoms with Gasteiger partial charge in [0, 0.05) is 29.6 Å². The van der Waals surface area contributed by atoms with E-state index in [1.54, 1.807) is 18.2 Å². The van der Waals surface area contributed by atoms with Crippen molar-refractivity contribution in [1.29, 1.82) is 0 Å². The van der Waals surface area contributed by atoms with E-state index < -0.39 is 11.9 Å². The van der Waals surface area contributed by atoms with Crippen molar-refractivity contribution in [2.24, 2.45) is 0 Å². The van der Waals surface area contributed by atoms with Crippen LogP contribution in [0.2, 0.25) is 0 Å². The third-order valence-corrected chi connectivity index (χ3v) is 2.99. The van der Waals surface area contributed by atoms with Crippen molar-refractivity contribution >= 4 is 11.6 Å². The maximum atomic E-state index is 13.0. The van der Waals surface area contributed by atoms with Crippen LogP contribution in [-0.2, 0) is 0 Å². The summed E-state index contributed by atoms with van der Waals surface area (Å²) >= 11 is 0. The molecule has 0 radical (unpaired) electrons. The Labute approximate surface area is 123 Å². The molecular weight excluding hydrogens is 271 g/mol. The average Bonchev–Trinajstić information content (AvgIpc) is 2.47. The highest BCUT2D eigenvalue weighted by Crippen LogP contribution is 2.19. The van der Waals surface area contributed by atoms with Gasteiger partial charge in [-0.15, -0.1) is 0 Å². The fourth-order valence-electron chi connectivity index (χ4n) is 1.71. The first-order valence-electron chi connectivity index (χ1n) is 6.78. The molecule has 1 aromatic heterocycles. The number of rotatable bonds is 5. The Morgan fingerprint density at radius 3 is 2.90 bits per heavy atom. The monoisotopic (exact) mass is 288 g/mol. The smallest absolute Gasteiger partial charge is 0.255 e. The molecule has 2 aromatic rings. The van der Waals surface area contributed by atoms with Crippen LogP contribution in [0.5, 0.6) is 5.75 Å². The molecule has 4 nitrogen and oxygen atoms in total. The Morgan fingerprint density at radius 1 is 1.38 bits per heavy atom. The van der Waals surface area contributed by atoms with Gasteiger partial charge in [-0.3, -0.25) is 4.79 Å². The Hall–Kier alpha value is -2.43. The molecule has 0 saturated carbocycles. The lowest BCUT2D eigenvalue weighted by atomic mass is 10.2. The summed E-state index contributed by atoms with van der Waals surface area (Å²) in [5.41, 5.74) is 0.814. The van der Waals surface area contributed by atoms with E-state index in [-0.39, 0.29) is 11.7 Å². The van der Waals surface area contributed by atoms with Crippen LogP contribution < -0.4 is 10.1 Å². The topological polar surface area (TPSA) is 51.2 Å². The third kappa shape index (κ3) is 4.27. The highest BCUT2D eigenvalue weighted by molar-refractivity contribution is 6.04. The van der Waals surface area contributed by atoms with Crippen molar-refractivity contribution in [2.45, 2.75) is 26.4 Å². The number of nitrogens with zero attached hydrogens (tertiary/aromatic N) is 1. The molecule has 110 valence electrons. The summed E-state index contributed by atoms with van der Waals surface area (Å²) in [6.45, 7) is 4.01. The van der Waals surface area contributed by atoms with Gasteiger partial charge in [0.15, 0.2) is 0 Å². The Kier molecular flexibility index (Phi) is 4.87. The SMILES string of the molecule is CCC(C)Oc1cccc(NC(=O)c2ccnc(F)c2)c1. The number of hydrogen-bond donors (Lipinski definition) is 1. The molecule has 0 spiro atoms. The molecule has 1 aromatic carbocycles. The molecule has 0 fully saturated rings. The zero-order valence-corrected chi connectivity index (χ0v) is 12.0. The van der Waals surface area contributed by atoms with E-state index in [0.717, 1.165) is 12.5 Å². The van der Waals surface area contributed by atoms with Gasteiger partial charge >= 0.3 is 0 Å². The summed E-state index contributed by atoms with van der Waals surface area (Å²) in [4.78, 5) is 15.4. The lowest BCUT2D eigenvalue weighted by Gasteiger charge is -2.13. The van der Waals surface area contributed by atoms with Crippen LogP contribution >= 0.6 is 0 Å². The molecule has 0 aliphatic heterocycles. The van der Waals surface area contributed by atoms with Crippen LogP contribution in [0.15, 0.2) is 42.6 Å². The van der Waals surface area contributed by atoms with Crippen molar-refractivity contribution in [3.63, 3.8) is 0 Å². The van der Waals surface area contributed by atoms with Crippen LogP contribution in [0.3, 0.4) is 0 Å². The fraction of sp³-hybridized carbons (Fsp3) is 0.250. The van der Waals surface area contributed by atoms with Crippen molar-refractivity contribution in [1.82, 2.24) is 4.98 Å². The predicted octanol–water partition coefficient (Wildman–Crippen LogP) is 3.65. The highest BCUT2D eigenvalue weighted by Gasteiger charge is 2.08. The van der Waals surface area contributed by atoms with E-state index in [1.807, 2.05) is 19.9 Å². The maximum absolute atomic E-state index is 13.0. The number of amides is 1. The molecule has 2 rings (SSSR count). The lowest BCUT2D eigenvalue weighted by molar-refractivity contribution is 0.102. The highest BCUT2D eigenvalue weighted by atomic mass is 19.1. The van der Waals surface area contributed by atoms with Gasteiger partial charge in [-0.25, -0.2) is 4.98 Å². The molecule has 1 heterocycles. The van der Waals surface area contributed by atoms with Crippen molar-refractivity contribution in [3.8, 4) is 5.75 Å². The zero-order chi connectivity index (χ0) is 15.2. The molecule has 0 saturated heterocycles. The minimum Gasteiger partial charge on any atom is -0.491 e. The summed E-state index contributed by atoms with van der Waals surface area (Å²) in [5.74, 6) is -0.392.